The Balaban J connectivity index is 1.39. The zero-order valence-corrected chi connectivity index (χ0v) is 20.4. The Bertz CT molecular complexity index is 1170. The number of H-pyrrole nitrogens is 1. The molecular weight excluding hydrogens is 428 g/mol. The van der Waals surface area contributed by atoms with E-state index in [0.29, 0.717) is 0 Å². The van der Waals surface area contributed by atoms with Crippen molar-refractivity contribution in [1.82, 2.24) is 21.2 Å². The molecule has 1 heterocycles. The van der Waals surface area contributed by atoms with Gasteiger partial charge in [0.25, 0.3) is 0 Å². The van der Waals surface area contributed by atoms with Gasteiger partial charge in [0.05, 0.1) is 6.42 Å². The first kappa shape index (κ1) is 25.0. The Morgan fingerprint density at radius 1 is 0.912 bits per heavy atom. The van der Waals surface area contributed by atoms with Crippen molar-refractivity contribution in [3.05, 3.63) is 70.4 Å². The van der Waals surface area contributed by atoms with Gasteiger partial charge in [0.15, 0.2) is 0 Å². The quantitative estimate of drug-likeness (QED) is 0.365. The van der Waals surface area contributed by atoms with Crippen LogP contribution in [-0.2, 0) is 27.2 Å². The van der Waals surface area contributed by atoms with Crippen LogP contribution in [0.1, 0.15) is 54.1 Å². The molecule has 3 amide bonds. The van der Waals surface area contributed by atoms with Gasteiger partial charge in [0.1, 0.15) is 0 Å². The van der Waals surface area contributed by atoms with Gasteiger partial charge in [-0.05, 0) is 63.3 Å². The molecule has 3 aromatic rings. The normalized spacial score (nSPS) is 11.8. The van der Waals surface area contributed by atoms with Crippen LogP contribution in [0.4, 0.5) is 0 Å². The maximum atomic E-state index is 12.4. The average Bonchev–Trinajstić information content (AvgIpc) is 3.11. The number of hydrogen-bond donors (Lipinski definition) is 4. The number of carbonyl (C=O) groups excluding carboxylic acids is 3. The van der Waals surface area contributed by atoms with Crippen LogP contribution < -0.4 is 16.2 Å². The highest BCUT2D eigenvalue weighted by molar-refractivity contribution is 5.93. The molecule has 0 unspecified atom stereocenters. The number of carbonyl (C=O) groups is 3. The molecule has 0 saturated heterocycles. The van der Waals surface area contributed by atoms with Crippen LogP contribution in [0, 0.1) is 20.8 Å². The van der Waals surface area contributed by atoms with Crippen molar-refractivity contribution in [1.29, 1.82) is 0 Å². The lowest BCUT2D eigenvalue weighted by Gasteiger charge is -2.14. The lowest BCUT2D eigenvalue weighted by Crippen LogP contribution is -2.43. The molecule has 3 rings (SSSR count). The maximum Gasteiger partial charge on any atom is 0.242 e. The van der Waals surface area contributed by atoms with E-state index in [-0.39, 0.29) is 37.1 Å². The van der Waals surface area contributed by atoms with Crippen molar-refractivity contribution >= 4 is 28.6 Å². The van der Waals surface area contributed by atoms with Crippen LogP contribution in [0.5, 0.6) is 0 Å². The lowest BCUT2D eigenvalue weighted by molar-refractivity contribution is -0.130. The molecule has 0 bridgehead atoms. The standard InChI is InChI=1S/C27H34N4O3/c1-17-14-18(2)27-23(15-17)22(20(4)29-27)16-26(34)31-30-25(33)13-12-24(32)28-19(3)10-11-21-8-6-5-7-9-21/h5-9,14-15,19,29H,10-13,16H2,1-4H3,(H,28,32)(H,30,33)(H,31,34)/t19-/m1/s1. The summed E-state index contributed by atoms with van der Waals surface area (Å²) in [4.78, 5) is 40.0. The monoisotopic (exact) mass is 462 g/mol. The van der Waals surface area contributed by atoms with Gasteiger partial charge < -0.3 is 10.3 Å². The summed E-state index contributed by atoms with van der Waals surface area (Å²) < 4.78 is 0. The molecule has 7 nitrogen and oxygen atoms in total. The molecule has 0 aliphatic rings. The van der Waals surface area contributed by atoms with Gasteiger partial charge in [-0.1, -0.05) is 42.0 Å². The summed E-state index contributed by atoms with van der Waals surface area (Å²) in [5.41, 5.74) is 11.2. The number of nitrogens with one attached hydrogen (secondary N) is 4. The number of fused-ring (bicyclic) bond motifs is 1. The van der Waals surface area contributed by atoms with E-state index in [0.717, 1.165) is 46.1 Å². The summed E-state index contributed by atoms with van der Waals surface area (Å²) in [5, 5.41) is 3.95. The topological polar surface area (TPSA) is 103 Å². The van der Waals surface area contributed by atoms with Crippen LogP contribution in [0.3, 0.4) is 0 Å². The Labute approximate surface area is 200 Å². The average molecular weight is 463 g/mol. The van der Waals surface area contributed by atoms with Crippen LogP contribution in [0.25, 0.3) is 10.9 Å². The van der Waals surface area contributed by atoms with Crippen molar-refractivity contribution in [2.24, 2.45) is 0 Å². The number of amides is 3. The maximum absolute atomic E-state index is 12.4. The van der Waals surface area contributed by atoms with Gasteiger partial charge in [-0.25, -0.2) is 0 Å². The summed E-state index contributed by atoms with van der Waals surface area (Å²) in [6, 6.07) is 14.3. The van der Waals surface area contributed by atoms with Crippen LogP contribution >= 0.6 is 0 Å². The number of aryl methyl sites for hydroxylation is 4. The first-order chi connectivity index (χ1) is 16.2. The molecule has 34 heavy (non-hydrogen) atoms. The predicted octanol–water partition coefficient (Wildman–Crippen LogP) is 3.70. The molecule has 180 valence electrons. The number of hydrogen-bond acceptors (Lipinski definition) is 3. The molecule has 1 aromatic heterocycles. The third-order valence-electron chi connectivity index (χ3n) is 5.94. The first-order valence-corrected chi connectivity index (χ1v) is 11.7. The smallest absolute Gasteiger partial charge is 0.242 e. The molecule has 7 heteroatoms. The fraction of sp³-hybridized carbons (Fsp3) is 0.370. The zero-order valence-electron chi connectivity index (χ0n) is 20.4. The van der Waals surface area contributed by atoms with Gasteiger partial charge in [0, 0.05) is 35.5 Å². The molecule has 0 saturated carbocycles. The van der Waals surface area contributed by atoms with Gasteiger partial charge in [0.2, 0.25) is 17.7 Å². The number of aromatic amines is 1. The number of benzene rings is 2. The summed E-state index contributed by atoms with van der Waals surface area (Å²) in [5.74, 6) is -0.888. The van der Waals surface area contributed by atoms with Crippen molar-refractivity contribution in [2.45, 2.75) is 65.8 Å². The van der Waals surface area contributed by atoms with Crippen LogP contribution in [-0.4, -0.2) is 28.7 Å². The van der Waals surface area contributed by atoms with E-state index in [1.165, 1.54) is 5.56 Å². The second-order valence-electron chi connectivity index (χ2n) is 9.00. The SMILES string of the molecule is Cc1cc(C)c2[nH]c(C)c(CC(=O)NNC(=O)CCC(=O)N[C@H](C)CCc3ccccc3)c2c1. The highest BCUT2D eigenvalue weighted by atomic mass is 16.2. The summed E-state index contributed by atoms with van der Waals surface area (Å²) in [7, 11) is 0. The Kier molecular flexibility index (Phi) is 8.46. The third kappa shape index (κ3) is 6.94. The Morgan fingerprint density at radius 3 is 2.32 bits per heavy atom. The molecule has 1 atom stereocenters. The molecule has 0 spiro atoms. The minimum Gasteiger partial charge on any atom is -0.358 e. The summed E-state index contributed by atoms with van der Waals surface area (Å²) >= 11 is 0. The fourth-order valence-electron chi connectivity index (χ4n) is 4.15. The lowest BCUT2D eigenvalue weighted by atomic mass is 10.0. The largest absolute Gasteiger partial charge is 0.358 e. The van der Waals surface area contributed by atoms with Gasteiger partial charge >= 0.3 is 0 Å². The highest BCUT2D eigenvalue weighted by Crippen LogP contribution is 2.26. The Morgan fingerprint density at radius 2 is 1.59 bits per heavy atom. The van der Waals surface area contributed by atoms with E-state index in [2.05, 4.69) is 45.4 Å². The van der Waals surface area contributed by atoms with Gasteiger partial charge in [-0.15, -0.1) is 0 Å². The van der Waals surface area contributed by atoms with E-state index in [4.69, 9.17) is 0 Å². The molecule has 0 fully saturated rings. The number of aromatic nitrogens is 1. The zero-order chi connectivity index (χ0) is 24.7. The second-order valence-corrected chi connectivity index (χ2v) is 9.00. The summed E-state index contributed by atoms with van der Waals surface area (Å²) in [6.07, 6.45) is 1.92. The molecule has 0 aliphatic heterocycles. The molecule has 0 radical (unpaired) electrons. The highest BCUT2D eigenvalue weighted by Gasteiger charge is 2.15. The van der Waals surface area contributed by atoms with Crippen LogP contribution in [0.15, 0.2) is 42.5 Å². The van der Waals surface area contributed by atoms with Crippen molar-refractivity contribution in [3.63, 3.8) is 0 Å². The van der Waals surface area contributed by atoms with Gasteiger partial charge in [-0.2, -0.15) is 0 Å². The predicted molar refractivity (Wildman–Crippen MR) is 134 cm³/mol. The van der Waals surface area contributed by atoms with Crippen LogP contribution in [0.2, 0.25) is 0 Å². The molecular formula is C27H34N4O3. The van der Waals surface area contributed by atoms with E-state index >= 15 is 0 Å². The Hall–Kier alpha value is -3.61. The number of hydrazine groups is 1. The molecule has 4 N–H and O–H groups in total. The summed E-state index contributed by atoms with van der Waals surface area (Å²) in [6.45, 7) is 7.96. The van der Waals surface area contributed by atoms with Gasteiger partial charge in [-0.3, -0.25) is 25.2 Å². The minimum atomic E-state index is -0.400. The second kappa shape index (κ2) is 11.5. The molecule has 2 aromatic carbocycles. The van der Waals surface area contributed by atoms with Crippen molar-refractivity contribution in [2.75, 3.05) is 0 Å². The first-order valence-electron chi connectivity index (χ1n) is 11.7. The van der Waals surface area contributed by atoms with E-state index in [1.54, 1.807) is 0 Å². The van der Waals surface area contributed by atoms with E-state index < -0.39 is 5.91 Å². The van der Waals surface area contributed by atoms with Crippen molar-refractivity contribution < 1.29 is 14.4 Å². The minimum absolute atomic E-state index is 0.00201. The van der Waals surface area contributed by atoms with E-state index in [9.17, 15) is 14.4 Å². The number of rotatable bonds is 9. The van der Waals surface area contributed by atoms with Crippen molar-refractivity contribution in [3.8, 4) is 0 Å². The molecule has 0 aliphatic carbocycles. The third-order valence-corrected chi connectivity index (χ3v) is 5.94. The fourth-order valence-corrected chi connectivity index (χ4v) is 4.15. The van der Waals surface area contributed by atoms with E-state index in [1.807, 2.05) is 45.9 Å².